The molecule has 1 heterocycles. The van der Waals surface area contributed by atoms with Crippen molar-refractivity contribution >= 4 is 11.8 Å². The van der Waals surface area contributed by atoms with E-state index in [2.05, 4.69) is 27.7 Å². The first-order valence-electron chi connectivity index (χ1n) is 9.17. The fraction of sp³-hybridized carbons (Fsp3) is 0.600. The zero-order valence-corrected chi connectivity index (χ0v) is 15.4. The Bertz CT molecular complexity index is 577. The predicted molar refractivity (Wildman–Crippen MR) is 96.7 cm³/mol. The van der Waals surface area contributed by atoms with Crippen LogP contribution in [0.25, 0.3) is 0 Å². The van der Waals surface area contributed by atoms with E-state index in [0.29, 0.717) is 18.9 Å². The van der Waals surface area contributed by atoms with E-state index in [4.69, 9.17) is 0 Å². The zero-order valence-electron chi connectivity index (χ0n) is 15.4. The molecule has 1 aromatic rings. The van der Waals surface area contributed by atoms with Crippen molar-refractivity contribution in [3.63, 3.8) is 0 Å². The van der Waals surface area contributed by atoms with Gasteiger partial charge in [0, 0.05) is 25.2 Å². The normalized spacial score (nSPS) is 14.9. The van der Waals surface area contributed by atoms with Crippen LogP contribution in [0.5, 0.6) is 0 Å². The minimum atomic E-state index is -0.358. The molecule has 1 aliphatic heterocycles. The van der Waals surface area contributed by atoms with Crippen molar-refractivity contribution < 1.29 is 9.59 Å². The molecule has 2 rings (SSSR count). The summed E-state index contributed by atoms with van der Waals surface area (Å²) in [7, 11) is 0. The summed E-state index contributed by atoms with van der Waals surface area (Å²) in [6, 6.07) is 7.34. The first kappa shape index (κ1) is 18.5. The molecule has 4 nitrogen and oxygen atoms in total. The predicted octanol–water partition coefficient (Wildman–Crippen LogP) is 3.71. The summed E-state index contributed by atoms with van der Waals surface area (Å²) in [5.74, 6) is 0.465. The Balaban J connectivity index is 2.26. The highest BCUT2D eigenvalue weighted by Gasteiger charge is 2.37. The molecule has 0 bridgehead atoms. The largest absolute Gasteiger partial charge is 0.341 e. The second kappa shape index (κ2) is 8.32. The molecule has 0 aromatic heterocycles. The highest BCUT2D eigenvalue weighted by Crippen LogP contribution is 2.27. The summed E-state index contributed by atoms with van der Waals surface area (Å²) in [4.78, 5) is 29.7. The van der Waals surface area contributed by atoms with Gasteiger partial charge in [-0.3, -0.25) is 9.59 Å². The van der Waals surface area contributed by atoms with Crippen molar-refractivity contribution in [1.29, 1.82) is 0 Å². The molecule has 0 saturated heterocycles. The van der Waals surface area contributed by atoms with Crippen LogP contribution in [0.2, 0.25) is 0 Å². The number of nitrogens with zero attached hydrogens (tertiary/aromatic N) is 2. The fourth-order valence-corrected chi connectivity index (χ4v) is 3.42. The molecule has 0 radical (unpaired) electrons. The Morgan fingerprint density at radius 2 is 1.79 bits per heavy atom. The maximum atomic E-state index is 13.2. The molecule has 132 valence electrons. The second-order valence-corrected chi connectivity index (χ2v) is 7.06. The highest BCUT2D eigenvalue weighted by molar-refractivity contribution is 6.01. The molecule has 0 fully saturated rings. The van der Waals surface area contributed by atoms with Gasteiger partial charge in [-0.1, -0.05) is 45.9 Å². The lowest BCUT2D eigenvalue weighted by molar-refractivity contribution is -0.137. The third-order valence-corrected chi connectivity index (χ3v) is 4.50. The third-order valence-electron chi connectivity index (χ3n) is 4.50. The second-order valence-electron chi connectivity index (χ2n) is 7.06. The van der Waals surface area contributed by atoms with E-state index in [9.17, 15) is 9.59 Å². The summed E-state index contributed by atoms with van der Waals surface area (Å²) in [6.45, 7) is 10.5. The molecule has 0 saturated carbocycles. The highest BCUT2D eigenvalue weighted by atomic mass is 16.2. The standard InChI is InChI=1S/C20H30N2O2/c1-5-11-21(12-6-2)20(24)18(13-15(3)4)22-14-16-9-7-8-10-17(16)19(22)23/h7-10,15,18H,5-6,11-14H2,1-4H3/t18-/m0/s1. The van der Waals surface area contributed by atoms with Crippen LogP contribution in [0.1, 0.15) is 62.9 Å². The van der Waals surface area contributed by atoms with Crippen LogP contribution >= 0.6 is 0 Å². The first-order chi connectivity index (χ1) is 11.5. The van der Waals surface area contributed by atoms with Crippen molar-refractivity contribution in [2.45, 2.75) is 59.5 Å². The van der Waals surface area contributed by atoms with Gasteiger partial charge in [0.15, 0.2) is 0 Å². The monoisotopic (exact) mass is 330 g/mol. The minimum absolute atomic E-state index is 0.00227. The van der Waals surface area contributed by atoms with Gasteiger partial charge in [-0.25, -0.2) is 0 Å². The number of carbonyl (C=O) groups excluding carboxylic acids is 2. The summed E-state index contributed by atoms with van der Waals surface area (Å²) in [5, 5.41) is 0. The molecule has 0 unspecified atom stereocenters. The van der Waals surface area contributed by atoms with Crippen LogP contribution in [0.15, 0.2) is 24.3 Å². The van der Waals surface area contributed by atoms with Gasteiger partial charge >= 0.3 is 0 Å². The van der Waals surface area contributed by atoms with Gasteiger partial charge in [0.1, 0.15) is 6.04 Å². The van der Waals surface area contributed by atoms with Crippen LogP contribution in [0, 0.1) is 5.92 Å². The van der Waals surface area contributed by atoms with Gasteiger partial charge in [-0.05, 0) is 36.8 Å². The van der Waals surface area contributed by atoms with Crippen LogP contribution in [0.4, 0.5) is 0 Å². The summed E-state index contributed by atoms with van der Waals surface area (Å²) >= 11 is 0. The van der Waals surface area contributed by atoms with Crippen molar-refractivity contribution in [2.24, 2.45) is 5.92 Å². The zero-order chi connectivity index (χ0) is 17.7. The van der Waals surface area contributed by atoms with E-state index in [0.717, 1.165) is 37.1 Å². The van der Waals surface area contributed by atoms with Crippen molar-refractivity contribution in [3.8, 4) is 0 Å². The van der Waals surface area contributed by atoms with Crippen molar-refractivity contribution in [1.82, 2.24) is 9.80 Å². The Morgan fingerprint density at radius 1 is 1.17 bits per heavy atom. The molecular formula is C20H30N2O2. The Labute approximate surface area is 145 Å². The molecular weight excluding hydrogens is 300 g/mol. The maximum absolute atomic E-state index is 13.2. The number of hydrogen-bond donors (Lipinski definition) is 0. The van der Waals surface area contributed by atoms with Crippen LogP contribution in [-0.4, -0.2) is 40.7 Å². The van der Waals surface area contributed by atoms with Crippen LogP contribution in [-0.2, 0) is 11.3 Å². The lowest BCUT2D eigenvalue weighted by Crippen LogP contribution is -2.49. The average Bonchev–Trinajstić information content (AvgIpc) is 2.89. The number of rotatable bonds is 8. The number of amides is 2. The van der Waals surface area contributed by atoms with Gasteiger partial charge in [0.25, 0.3) is 5.91 Å². The quantitative estimate of drug-likeness (QED) is 0.729. The average molecular weight is 330 g/mol. The smallest absolute Gasteiger partial charge is 0.255 e. The van der Waals surface area contributed by atoms with Gasteiger partial charge in [-0.15, -0.1) is 0 Å². The molecule has 0 spiro atoms. The molecule has 1 aromatic carbocycles. The summed E-state index contributed by atoms with van der Waals surface area (Å²) in [5.41, 5.74) is 1.78. The molecule has 1 aliphatic rings. The molecule has 1 atom stereocenters. The van der Waals surface area contributed by atoms with Crippen molar-refractivity contribution in [2.75, 3.05) is 13.1 Å². The lowest BCUT2D eigenvalue weighted by Gasteiger charge is -2.33. The van der Waals surface area contributed by atoms with Crippen molar-refractivity contribution in [3.05, 3.63) is 35.4 Å². The third kappa shape index (κ3) is 3.97. The lowest BCUT2D eigenvalue weighted by atomic mass is 10.0. The Hall–Kier alpha value is -1.84. The van der Waals surface area contributed by atoms with Crippen LogP contribution in [0.3, 0.4) is 0 Å². The minimum Gasteiger partial charge on any atom is -0.341 e. The molecule has 0 aliphatic carbocycles. The summed E-state index contributed by atoms with van der Waals surface area (Å²) in [6.07, 6.45) is 2.59. The van der Waals surface area contributed by atoms with Gasteiger partial charge < -0.3 is 9.80 Å². The van der Waals surface area contributed by atoms with E-state index < -0.39 is 0 Å². The van der Waals surface area contributed by atoms with Gasteiger partial charge in [0.2, 0.25) is 5.91 Å². The molecule has 2 amide bonds. The van der Waals surface area contributed by atoms with Crippen LogP contribution < -0.4 is 0 Å². The molecule has 24 heavy (non-hydrogen) atoms. The van der Waals surface area contributed by atoms with E-state index in [-0.39, 0.29) is 17.9 Å². The maximum Gasteiger partial charge on any atom is 0.255 e. The topological polar surface area (TPSA) is 40.6 Å². The molecule has 4 heteroatoms. The Kier molecular flexibility index (Phi) is 6.41. The van der Waals surface area contributed by atoms with Gasteiger partial charge in [-0.2, -0.15) is 0 Å². The number of fused-ring (bicyclic) bond motifs is 1. The van der Waals surface area contributed by atoms with E-state index in [1.54, 1.807) is 4.90 Å². The van der Waals surface area contributed by atoms with E-state index >= 15 is 0 Å². The molecule has 0 N–H and O–H groups in total. The van der Waals surface area contributed by atoms with Gasteiger partial charge in [0.05, 0.1) is 0 Å². The van der Waals surface area contributed by atoms with E-state index in [1.165, 1.54) is 0 Å². The number of benzene rings is 1. The van der Waals surface area contributed by atoms with E-state index in [1.807, 2.05) is 29.2 Å². The Morgan fingerprint density at radius 3 is 2.33 bits per heavy atom. The first-order valence-corrected chi connectivity index (χ1v) is 9.17. The number of hydrogen-bond acceptors (Lipinski definition) is 2. The SMILES string of the molecule is CCCN(CCC)C(=O)[C@H](CC(C)C)N1Cc2ccccc2C1=O. The number of carbonyl (C=O) groups is 2. The fourth-order valence-electron chi connectivity index (χ4n) is 3.42. The summed E-state index contributed by atoms with van der Waals surface area (Å²) < 4.78 is 0.